The minimum Gasteiger partial charge on any atom is -0.395 e. The third-order valence-electron chi connectivity index (χ3n) is 3.56. The second-order valence-corrected chi connectivity index (χ2v) is 4.41. The minimum absolute atomic E-state index is 0.266. The Hall–Kier alpha value is -0.0800. The summed E-state index contributed by atoms with van der Waals surface area (Å²) in [6, 6.07) is 0.284. The number of hydrogen-bond acceptors (Lipinski definition) is 2. The van der Waals surface area contributed by atoms with Gasteiger partial charge in [-0.2, -0.15) is 0 Å². The van der Waals surface area contributed by atoms with Gasteiger partial charge >= 0.3 is 0 Å². The van der Waals surface area contributed by atoms with E-state index in [0.29, 0.717) is 0 Å². The van der Waals surface area contributed by atoms with Crippen molar-refractivity contribution in [2.24, 2.45) is 17.8 Å². The molecule has 0 radical (unpaired) electrons. The summed E-state index contributed by atoms with van der Waals surface area (Å²) in [5.74, 6) is 3.04. The molecule has 3 atom stereocenters. The van der Waals surface area contributed by atoms with Gasteiger partial charge in [-0.15, -0.1) is 0 Å². The van der Waals surface area contributed by atoms with Crippen molar-refractivity contribution in [1.82, 2.24) is 5.32 Å². The van der Waals surface area contributed by atoms with Crippen molar-refractivity contribution in [2.45, 2.75) is 32.2 Å². The SMILES string of the molecule is CC(CO)NCC1C2CCCC21. The molecule has 2 heteroatoms. The molecule has 2 aliphatic carbocycles. The van der Waals surface area contributed by atoms with Gasteiger partial charge in [-0.1, -0.05) is 6.42 Å². The van der Waals surface area contributed by atoms with Crippen LogP contribution in [0, 0.1) is 17.8 Å². The monoisotopic (exact) mass is 169 g/mol. The van der Waals surface area contributed by atoms with Gasteiger partial charge in [0.25, 0.3) is 0 Å². The fourth-order valence-electron chi connectivity index (χ4n) is 2.67. The molecule has 2 nitrogen and oxygen atoms in total. The van der Waals surface area contributed by atoms with E-state index in [1.165, 1.54) is 19.3 Å². The van der Waals surface area contributed by atoms with Gasteiger partial charge in [-0.05, 0) is 44.1 Å². The molecule has 0 spiro atoms. The number of aliphatic hydroxyl groups excluding tert-OH is 1. The molecular formula is C10H19NO. The molecule has 2 saturated carbocycles. The molecule has 0 amide bonds. The summed E-state index contributed by atoms with van der Waals surface area (Å²) in [5.41, 5.74) is 0. The summed E-state index contributed by atoms with van der Waals surface area (Å²) < 4.78 is 0. The van der Waals surface area contributed by atoms with Crippen molar-refractivity contribution in [1.29, 1.82) is 0 Å². The van der Waals surface area contributed by atoms with Crippen molar-refractivity contribution in [3.8, 4) is 0 Å². The molecule has 2 rings (SSSR count). The first-order valence-corrected chi connectivity index (χ1v) is 5.17. The molecular weight excluding hydrogens is 150 g/mol. The van der Waals surface area contributed by atoms with Crippen LogP contribution in [0.3, 0.4) is 0 Å². The van der Waals surface area contributed by atoms with Crippen LogP contribution in [0.2, 0.25) is 0 Å². The van der Waals surface area contributed by atoms with E-state index in [4.69, 9.17) is 5.11 Å². The second-order valence-electron chi connectivity index (χ2n) is 4.41. The van der Waals surface area contributed by atoms with Gasteiger partial charge in [0, 0.05) is 6.04 Å². The maximum absolute atomic E-state index is 8.81. The second kappa shape index (κ2) is 3.35. The zero-order valence-corrected chi connectivity index (χ0v) is 7.79. The molecule has 0 heterocycles. The van der Waals surface area contributed by atoms with E-state index in [2.05, 4.69) is 5.32 Å². The molecule has 70 valence electrons. The Morgan fingerprint density at radius 3 is 2.67 bits per heavy atom. The predicted octanol–water partition coefficient (Wildman–Crippen LogP) is 1.00. The Morgan fingerprint density at radius 1 is 1.42 bits per heavy atom. The Balaban J connectivity index is 1.63. The largest absolute Gasteiger partial charge is 0.395 e. The number of rotatable bonds is 4. The Bertz CT molecular complexity index is 150. The van der Waals surface area contributed by atoms with Crippen molar-refractivity contribution in [3.05, 3.63) is 0 Å². The van der Waals surface area contributed by atoms with Crippen LogP contribution in [0.15, 0.2) is 0 Å². The van der Waals surface area contributed by atoms with Crippen LogP contribution >= 0.6 is 0 Å². The number of nitrogens with one attached hydrogen (secondary N) is 1. The quantitative estimate of drug-likeness (QED) is 0.658. The van der Waals surface area contributed by atoms with Crippen LogP contribution in [0.5, 0.6) is 0 Å². The molecule has 12 heavy (non-hydrogen) atoms. The van der Waals surface area contributed by atoms with Crippen molar-refractivity contribution in [2.75, 3.05) is 13.2 Å². The van der Waals surface area contributed by atoms with Gasteiger partial charge in [0.2, 0.25) is 0 Å². The molecule has 2 fully saturated rings. The fraction of sp³-hybridized carbons (Fsp3) is 1.00. The lowest BCUT2D eigenvalue weighted by Gasteiger charge is -2.10. The molecule has 0 aromatic rings. The Labute approximate surface area is 74.4 Å². The van der Waals surface area contributed by atoms with Crippen LogP contribution in [0.1, 0.15) is 26.2 Å². The molecule has 0 aliphatic heterocycles. The average Bonchev–Trinajstić information content (AvgIpc) is 2.55. The van der Waals surface area contributed by atoms with Gasteiger partial charge in [-0.25, -0.2) is 0 Å². The van der Waals surface area contributed by atoms with E-state index >= 15 is 0 Å². The molecule has 2 N–H and O–H groups in total. The molecule has 0 saturated heterocycles. The Morgan fingerprint density at radius 2 is 2.08 bits per heavy atom. The smallest absolute Gasteiger partial charge is 0.0581 e. The van der Waals surface area contributed by atoms with E-state index in [0.717, 1.165) is 24.3 Å². The fourth-order valence-corrected chi connectivity index (χ4v) is 2.67. The third-order valence-corrected chi connectivity index (χ3v) is 3.56. The van der Waals surface area contributed by atoms with Crippen molar-refractivity contribution < 1.29 is 5.11 Å². The normalized spacial score (nSPS) is 41.0. The van der Waals surface area contributed by atoms with E-state index in [9.17, 15) is 0 Å². The number of aliphatic hydroxyl groups is 1. The lowest BCUT2D eigenvalue weighted by atomic mass is 10.1. The number of fused-ring (bicyclic) bond motifs is 1. The van der Waals surface area contributed by atoms with Crippen molar-refractivity contribution >= 4 is 0 Å². The summed E-state index contributed by atoms with van der Waals surface area (Å²) in [6.45, 7) is 3.44. The highest BCUT2D eigenvalue weighted by Gasteiger charge is 2.51. The van der Waals surface area contributed by atoms with Gasteiger partial charge in [-0.3, -0.25) is 0 Å². The highest BCUT2D eigenvalue weighted by Crippen LogP contribution is 2.56. The summed E-state index contributed by atoms with van der Waals surface area (Å²) in [7, 11) is 0. The minimum atomic E-state index is 0.266. The first-order valence-electron chi connectivity index (χ1n) is 5.17. The van der Waals surface area contributed by atoms with Crippen LogP contribution in [-0.4, -0.2) is 24.3 Å². The molecule has 3 unspecified atom stereocenters. The summed E-state index contributed by atoms with van der Waals surface area (Å²) in [5, 5.41) is 12.2. The third kappa shape index (κ3) is 1.50. The summed E-state index contributed by atoms with van der Waals surface area (Å²) in [4.78, 5) is 0. The molecule has 0 aromatic carbocycles. The van der Waals surface area contributed by atoms with Crippen LogP contribution in [0.25, 0.3) is 0 Å². The summed E-state index contributed by atoms with van der Waals surface area (Å²) >= 11 is 0. The van der Waals surface area contributed by atoms with Crippen LogP contribution < -0.4 is 5.32 Å². The highest BCUT2D eigenvalue weighted by atomic mass is 16.3. The topological polar surface area (TPSA) is 32.3 Å². The molecule has 0 aromatic heterocycles. The standard InChI is InChI=1S/C10H19NO/c1-7(6-12)11-5-10-8-3-2-4-9(8)10/h7-12H,2-6H2,1H3. The molecule has 2 aliphatic rings. The maximum atomic E-state index is 8.81. The first-order chi connectivity index (χ1) is 5.83. The summed E-state index contributed by atoms with van der Waals surface area (Å²) in [6.07, 6.45) is 4.39. The predicted molar refractivity (Wildman–Crippen MR) is 48.9 cm³/mol. The van der Waals surface area contributed by atoms with Gasteiger partial charge in [0.15, 0.2) is 0 Å². The zero-order chi connectivity index (χ0) is 8.55. The Kier molecular flexibility index (Phi) is 2.37. The van der Waals surface area contributed by atoms with E-state index in [-0.39, 0.29) is 12.6 Å². The lowest BCUT2D eigenvalue weighted by molar-refractivity contribution is 0.249. The van der Waals surface area contributed by atoms with Gasteiger partial charge in [0.1, 0.15) is 0 Å². The zero-order valence-electron chi connectivity index (χ0n) is 7.79. The average molecular weight is 169 g/mol. The van der Waals surface area contributed by atoms with Crippen molar-refractivity contribution in [3.63, 3.8) is 0 Å². The van der Waals surface area contributed by atoms with E-state index in [1.807, 2.05) is 6.92 Å². The van der Waals surface area contributed by atoms with E-state index < -0.39 is 0 Å². The molecule has 0 bridgehead atoms. The van der Waals surface area contributed by atoms with Gasteiger partial charge in [0.05, 0.1) is 6.61 Å². The highest BCUT2D eigenvalue weighted by molar-refractivity contribution is 5.01. The van der Waals surface area contributed by atoms with Crippen LogP contribution in [0.4, 0.5) is 0 Å². The van der Waals surface area contributed by atoms with E-state index in [1.54, 1.807) is 0 Å². The van der Waals surface area contributed by atoms with Gasteiger partial charge < -0.3 is 10.4 Å². The number of hydrogen-bond donors (Lipinski definition) is 2. The maximum Gasteiger partial charge on any atom is 0.0581 e. The lowest BCUT2D eigenvalue weighted by Crippen LogP contribution is -2.31. The van der Waals surface area contributed by atoms with Crippen LogP contribution in [-0.2, 0) is 0 Å². The first kappa shape index (κ1) is 8.52.